The molecule has 1 N–H and O–H groups in total. The fourth-order valence-electron chi connectivity index (χ4n) is 1.47. The van der Waals surface area contributed by atoms with Gasteiger partial charge in [0.05, 0.1) is 6.61 Å². The average molecular weight is 312 g/mol. The summed E-state index contributed by atoms with van der Waals surface area (Å²) in [4.78, 5) is 20.8. The van der Waals surface area contributed by atoms with Crippen LogP contribution in [0.25, 0.3) is 0 Å². The lowest BCUT2D eigenvalue weighted by Gasteiger charge is -2.05. The molecular weight excluding hydrogens is 298 g/mol. The second kappa shape index (κ2) is 7.21. The van der Waals surface area contributed by atoms with Gasteiger partial charge in [-0.1, -0.05) is 17.7 Å². The molecule has 0 unspecified atom stereocenters. The van der Waals surface area contributed by atoms with E-state index in [-0.39, 0.29) is 5.91 Å². The Morgan fingerprint density at radius 3 is 3.05 bits per heavy atom. The van der Waals surface area contributed by atoms with Crippen molar-refractivity contribution in [3.05, 3.63) is 34.4 Å². The monoisotopic (exact) mass is 311 g/mol. The minimum Gasteiger partial charge on any atom is -0.478 e. The predicted molar refractivity (Wildman–Crippen MR) is 79.5 cm³/mol. The van der Waals surface area contributed by atoms with E-state index in [9.17, 15) is 4.79 Å². The molecule has 20 heavy (non-hydrogen) atoms. The molecule has 0 saturated carbocycles. The highest BCUT2D eigenvalue weighted by Gasteiger charge is 2.05. The number of carbonyl (C=O) groups excluding carboxylic acids is 1. The van der Waals surface area contributed by atoms with Gasteiger partial charge in [-0.3, -0.25) is 4.79 Å². The van der Waals surface area contributed by atoms with Crippen molar-refractivity contribution in [2.24, 2.45) is 0 Å². The van der Waals surface area contributed by atoms with E-state index in [4.69, 9.17) is 16.3 Å². The zero-order valence-corrected chi connectivity index (χ0v) is 12.5. The van der Waals surface area contributed by atoms with Crippen molar-refractivity contribution in [2.75, 3.05) is 11.9 Å². The number of anilines is 1. The van der Waals surface area contributed by atoms with Crippen molar-refractivity contribution in [3.8, 4) is 5.88 Å². The first-order valence-electron chi connectivity index (χ1n) is 6.11. The second-order valence-corrected chi connectivity index (χ2v) is 5.70. The standard InChI is InChI=1S/C13H14ClN3O2S/c1-9-8-15-13(20-9)17-11(18)5-3-7-19-12-6-2-4-10(14)16-12/h2,4,6,8H,3,5,7H2,1H3,(H,15,17,18). The summed E-state index contributed by atoms with van der Waals surface area (Å²) in [7, 11) is 0. The maximum absolute atomic E-state index is 11.7. The third-order valence-electron chi connectivity index (χ3n) is 2.36. The van der Waals surface area contributed by atoms with Gasteiger partial charge in [-0.05, 0) is 19.4 Å². The molecule has 0 fully saturated rings. The summed E-state index contributed by atoms with van der Waals surface area (Å²) in [5.74, 6) is 0.399. The molecule has 0 aliphatic carbocycles. The Hall–Kier alpha value is -1.66. The van der Waals surface area contributed by atoms with E-state index in [0.717, 1.165) is 4.88 Å². The molecule has 2 aromatic heterocycles. The number of nitrogens with zero attached hydrogens (tertiary/aromatic N) is 2. The number of aryl methyl sites for hydroxylation is 1. The van der Waals surface area contributed by atoms with Gasteiger partial charge in [-0.2, -0.15) is 0 Å². The Morgan fingerprint density at radius 2 is 2.35 bits per heavy atom. The highest BCUT2D eigenvalue weighted by Crippen LogP contribution is 2.17. The molecule has 0 aliphatic rings. The van der Waals surface area contributed by atoms with Crippen LogP contribution in [0.3, 0.4) is 0 Å². The normalized spacial score (nSPS) is 10.3. The minimum atomic E-state index is -0.0676. The average Bonchev–Trinajstić information content (AvgIpc) is 2.80. The summed E-state index contributed by atoms with van der Waals surface area (Å²) in [6.45, 7) is 2.36. The van der Waals surface area contributed by atoms with Gasteiger partial charge in [0.1, 0.15) is 5.15 Å². The van der Waals surface area contributed by atoms with Gasteiger partial charge in [-0.25, -0.2) is 9.97 Å². The lowest BCUT2D eigenvalue weighted by molar-refractivity contribution is -0.116. The van der Waals surface area contributed by atoms with Gasteiger partial charge < -0.3 is 10.1 Å². The van der Waals surface area contributed by atoms with Crippen molar-refractivity contribution in [3.63, 3.8) is 0 Å². The van der Waals surface area contributed by atoms with E-state index in [0.29, 0.717) is 35.6 Å². The smallest absolute Gasteiger partial charge is 0.226 e. The maximum atomic E-state index is 11.7. The number of rotatable bonds is 6. The van der Waals surface area contributed by atoms with E-state index in [1.807, 2.05) is 6.92 Å². The molecule has 2 rings (SSSR count). The molecule has 106 valence electrons. The number of aromatic nitrogens is 2. The largest absolute Gasteiger partial charge is 0.478 e. The van der Waals surface area contributed by atoms with E-state index in [1.54, 1.807) is 24.4 Å². The molecule has 0 bridgehead atoms. The van der Waals surface area contributed by atoms with Gasteiger partial charge in [0.15, 0.2) is 5.13 Å². The summed E-state index contributed by atoms with van der Waals surface area (Å²) >= 11 is 7.19. The van der Waals surface area contributed by atoms with Crippen LogP contribution < -0.4 is 10.1 Å². The molecule has 2 heterocycles. The van der Waals surface area contributed by atoms with Crippen LogP contribution in [0.5, 0.6) is 5.88 Å². The predicted octanol–water partition coefficient (Wildman–Crippen LogP) is 3.30. The number of ether oxygens (including phenoxy) is 1. The topological polar surface area (TPSA) is 64.1 Å². The van der Waals surface area contributed by atoms with Crippen molar-refractivity contribution < 1.29 is 9.53 Å². The van der Waals surface area contributed by atoms with Crippen LogP contribution in [-0.2, 0) is 4.79 Å². The lowest BCUT2D eigenvalue weighted by atomic mass is 10.3. The van der Waals surface area contributed by atoms with E-state index < -0.39 is 0 Å². The highest BCUT2D eigenvalue weighted by molar-refractivity contribution is 7.15. The summed E-state index contributed by atoms with van der Waals surface area (Å²) in [6, 6.07) is 5.17. The summed E-state index contributed by atoms with van der Waals surface area (Å²) < 4.78 is 5.40. The van der Waals surface area contributed by atoms with Crippen LogP contribution in [0, 0.1) is 6.92 Å². The molecule has 0 spiro atoms. The molecule has 2 aromatic rings. The number of amides is 1. The number of hydrogen-bond donors (Lipinski definition) is 1. The Balaban J connectivity index is 1.67. The van der Waals surface area contributed by atoms with Gasteiger partial charge in [0, 0.05) is 23.6 Å². The van der Waals surface area contributed by atoms with Gasteiger partial charge in [0.2, 0.25) is 11.8 Å². The number of hydrogen-bond acceptors (Lipinski definition) is 5. The number of pyridine rings is 1. The number of nitrogens with one attached hydrogen (secondary N) is 1. The first-order chi connectivity index (χ1) is 9.63. The summed E-state index contributed by atoms with van der Waals surface area (Å²) in [5.41, 5.74) is 0. The van der Waals surface area contributed by atoms with Crippen LogP contribution >= 0.6 is 22.9 Å². The molecule has 0 aromatic carbocycles. The Kier molecular flexibility index (Phi) is 5.31. The fraction of sp³-hybridized carbons (Fsp3) is 0.308. The molecule has 0 atom stereocenters. The SMILES string of the molecule is Cc1cnc(NC(=O)CCCOc2cccc(Cl)n2)s1. The quantitative estimate of drug-likeness (QED) is 0.656. The van der Waals surface area contributed by atoms with Crippen LogP contribution in [-0.4, -0.2) is 22.5 Å². The van der Waals surface area contributed by atoms with Crippen LogP contribution in [0.2, 0.25) is 5.15 Å². The molecule has 7 heteroatoms. The summed E-state index contributed by atoms with van der Waals surface area (Å²) in [6.07, 6.45) is 2.71. The second-order valence-electron chi connectivity index (χ2n) is 4.07. The zero-order chi connectivity index (χ0) is 14.4. The van der Waals surface area contributed by atoms with Crippen molar-refractivity contribution in [1.82, 2.24) is 9.97 Å². The Morgan fingerprint density at radius 1 is 1.50 bits per heavy atom. The van der Waals surface area contributed by atoms with Crippen molar-refractivity contribution >= 4 is 34.0 Å². The maximum Gasteiger partial charge on any atom is 0.226 e. The first-order valence-corrected chi connectivity index (χ1v) is 7.30. The first kappa shape index (κ1) is 14.7. The fourth-order valence-corrected chi connectivity index (χ4v) is 2.31. The van der Waals surface area contributed by atoms with Gasteiger partial charge in [-0.15, -0.1) is 11.3 Å². The molecule has 0 aliphatic heterocycles. The van der Waals surface area contributed by atoms with Gasteiger partial charge >= 0.3 is 0 Å². The molecule has 1 amide bonds. The molecular formula is C13H14ClN3O2S. The van der Waals surface area contributed by atoms with Crippen LogP contribution in [0.4, 0.5) is 5.13 Å². The van der Waals surface area contributed by atoms with Crippen LogP contribution in [0.15, 0.2) is 24.4 Å². The molecule has 0 radical (unpaired) electrons. The highest BCUT2D eigenvalue weighted by atomic mass is 35.5. The third kappa shape index (κ3) is 4.79. The Bertz CT molecular complexity index is 589. The van der Waals surface area contributed by atoms with E-state index in [1.165, 1.54) is 11.3 Å². The van der Waals surface area contributed by atoms with Gasteiger partial charge in [0.25, 0.3) is 0 Å². The van der Waals surface area contributed by atoms with Crippen molar-refractivity contribution in [2.45, 2.75) is 19.8 Å². The number of thiazole rings is 1. The summed E-state index contributed by atoms with van der Waals surface area (Å²) in [5, 5.41) is 3.76. The van der Waals surface area contributed by atoms with E-state index >= 15 is 0 Å². The number of halogens is 1. The van der Waals surface area contributed by atoms with Crippen molar-refractivity contribution in [1.29, 1.82) is 0 Å². The van der Waals surface area contributed by atoms with Crippen LogP contribution in [0.1, 0.15) is 17.7 Å². The molecule has 0 saturated heterocycles. The molecule has 5 nitrogen and oxygen atoms in total. The lowest BCUT2D eigenvalue weighted by Crippen LogP contribution is -2.12. The minimum absolute atomic E-state index is 0.0676. The zero-order valence-electron chi connectivity index (χ0n) is 10.9. The Labute approximate surface area is 126 Å². The van der Waals surface area contributed by atoms with E-state index in [2.05, 4.69) is 15.3 Å². The number of carbonyl (C=O) groups is 1. The third-order valence-corrected chi connectivity index (χ3v) is 3.39.